The Hall–Kier alpha value is -1.40. The van der Waals surface area contributed by atoms with E-state index in [0.29, 0.717) is 12.7 Å². The minimum absolute atomic E-state index is 0.0683. The monoisotopic (exact) mass is 307 g/mol. The van der Waals surface area contributed by atoms with Crippen LogP contribution in [0.4, 0.5) is 4.79 Å². The number of hydrogen-bond donors (Lipinski definition) is 0. The first kappa shape index (κ1) is 14.5. The molecule has 1 aliphatic heterocycles. The Labute approximate surface area is 129 Å². The minimum atomic E-state index is -0.147. The van der Waals surface area contributed by atoms with E-state index in [1.165, 1.54) is 23.3 Å². The number of rotatable bonds is 6. The van der Waals surface area contributed by atoms with Crippen LogP contribution in [0.5, 0.6) is 0 Å². The first-order chi connectivity index (χ1) is 10.1. The molecule has 0 N–H and O–H groups in total. The quantitative estimate of drug-likeness (QED) is 0.758. The van der Waals surface area contributed by atoms with E-state index in [-0.39, 0.29) is 24.5 Å². The molecule has 0 aromatic carbocycles. The van der Waals surface area contributed by atoms with Gasteiger partial charge in [0.1, 0.15) is 6.54 Å². The highest BCUT2D eigenvalue weighted by molar-refractivity contribution is 7.07. The zero-order valence-corrected chi connectivity index (χ0v) is 13.3. The SMILES string of the molecule is CC(C)N1C(=O)CN(CN(Cc2ccsc2)C2CC2)C1=O. The van der Waals surface area contributed by atoms with Gasteiger partial charge in [-0.1, -0.05) is 0 Å². The number of carbonyl (C=O) groups is 2. The summed E-state index contributed by atoms with van der Waals surface area (Å²) < 4.78 is 0. The van der Waals surface area contributed by atoms with Crippen LogP contribution in [0.25, 0.3) is 0 Å². The zero-order valence-electron chi connectivity index (χ0n) is 12.5. The van der Waals surface area contributed by atoms with E-state index in [1.807, 2.05) is 13.8 Å². The highest BCUT2D eigenvalue weighted by Gasteiger charge is 2.40. The summed E-state index contributed by atoms with van der Waals surface area (Å²) in [6.07, 6.45) is 2.38. The fourth-order valence-corrected chi connectivity index (χ4v) is 3.42. The highest BCUT2D eigenvalue weighted by atomic mass is 32.1. The van der Waals surface area contributed by atoms with Gasteiger partial charge >= 0.3 is 6.03 Å². The second-order valence-corrected chi connectivity index (χ2v) is 6.87. The lowest BCUT2D eigenvalue weighted by atomic mass is 10.3. The molecule has 1 saturated heterocycles. The van der Waals surface area contributed by atoms with Crippen molar-refractivity contribution in [2.24, 2.45) is 0 Å². The van der Waals surface area contributed by atoms with Crippen LogP contribution in [0.1, 0.15) is 32.3 Å². The van der Waals surface area contributed by atoms with Crippen LogP contribution in [0.15, 0.2) is 16.8 Å². The van der Waals surface area contributed by atoms with Crippen LogP contribution in [0.3, 0.4) is 0 Å². The number of thiophene rings is 1. The van der Waals surface area contributed by atoms with Gasteiger partial charge in [0.05, 0.1) is 6.67 Å². The standard InChI is InChI=1S/C15H21N3O2S/c1-11(2)18-14(19)8-17(15(18)20)10-16(13-3-4-13)7-12-5-6-21-9-12/h5-6,9,11,13H,3-4,7-8,10H2,1-2H3. The number of carbonyl (C=O) groups excluding carboxylic acids is 2. The summed E-state index contributed by atoms with van der Waals surface area (Å²) in [7, 11) is 0. The summed E-state index contributed by atoms with van der Waals surface area (Å²) in [6, 6.07) is 2.46. The van der Waals surface area contributed by atoms with E-state index >= 15 is 0 Å². The maximum absolute atomic E-state index is 12.3. The van der Waals surface area contributed by atoms with Crippen LogP contribution in [0.2, 0.25) is 0 Å². The lowest BCUT2D eigenvalue weighted by Gasteiger charge is -2.27. The number of amides is 3. The summed E-state index contributed by atoms with van der Waals surface area (Å²) in [6.45, 7) is 5.37. The molecule has 2 fully saturated rings. The molecule has 114 valence electrons. The fourth-order valence-electron chi connectivity index (χ4n) is 2.76. The van der Waals surface area contributed by atoms with E-state index in [1.54, 1.807) is 16.2 Å². The largest absolute Gasteiger partial charge is 0.328 e. The molecule has 0 radical (unpaired) electrons. The molecule has 0 spiro atoms. The number of nitrogens with zero attached hydrogens (tertiary/aromatic N) is 3. The van der Waals surface area contributed by atoms with E-state index in [0.717, 1.165) is 6.54 Å². The Kier molecular flexibility index (Phi) is 3.99. The van der Waals surface area contributed by atoms with E-state index < -0.39 is 0 Å². The Morgan fingerprint density at radius 1 is 1.38 bits per heavy atom. The van der Waals surface area contributed by atoms with E-state index in [4.69, 9.17) is 0 Å². The average Bonchev–Trinajstić information content (AvgIpc) is 3.07. The first-order valence-corrected chi connectivity index (χ1v) is 8.36. The van der Waals surface area contributed by atoms with Gasteiger partial charge in [0, 0.05) is 18.6 Å². The molecule has 3 amide bonds. The number of imide groups is 1. The summed E-state index contributed by atoms with van der Waals surface area (Å²) in [5, 5.41) is 4.22. The Morgan fingerprint density at radius 2 is 2.14 bits per heavy atom. The number of hydrogen-bond acceptors (Lipinski definition) is 4. The van der Waals surface area contributed by atoms with E-state index in [9.17, 15) is 9.59 Å². The molecule has 6 heteroatoms. The van der Waals surface area contributed by atoms with Crippen molar-refractivity contribution in [2.45, 2.75) is 45.3 Å². The van der Waals surface area contributed by atoms with Crippen molar-refractivity contribution in [3.05, 3.63) is 22.4 Å². The predicted molar refractivity (Wildman–Crippen MR) is 81.8 cm³/mol. The van der Waals surface area contributed by atoms with Gasteiger partial charge in [-0.05, 0) is 49.1 Å². The van der Waals surface area contributed by atoms with Crippen LogP contribution in [0, 0.1) is 0 Å². The molecule has 0 bridgehead atoms. The molecule has 0 atom stereocenters. The lowest BCUT2D eigenvalue weighted by molar-refractivity contribution is -0.126. The lowest BCUT2D eigenvalue weighted by Crippen LogP contribution is -2.42. The first-order valence-electron chi connectivity index (χ1n) is 7.42. The Bertz CT molecular complexity index is 525. The van der Waals surface area contributed by atoms with Crippen molar-refractivity contribution in [2.75, 3.05) is 13.2 Å². The summed E-state index contributed by atoms with van der Waals surface area (Å²) >= 11 is 1.69. The van der Waals surface area contributed by atoms with Gasteiger partial charge in [-0.3, -0.25) is 14.6 Å². The van der Waals surface area contributed by atoms with Gasteiger partial charge in [0.25, 0.3) is 5.91 Å². The third-order valence-corrected chi connectivity index (χ3v) is 4.70. The molecule has 5 nitrogen and oxygen atoms in total. The molecule has 0 unspecified atom stereocenters. The molecule has 3 rings (SSSR count). The topological polar surface area (TPSA) is 43.9 Å². The predicted octanol–water partition coefficient (Wildman–Crippen LogP) is 2.34. The molecular weight excluding hydrogens is 286 g/mol. The van der Waals surface area contributed by atoms with Gasteiger partial charge < -0.3 is 4.90 Å². The van der Waals surface area contributed by atoms with Crippen molar-refractivity contribution in [1.29, 1.82) is 0 Å². The van der Waals surface area contributed by atoms with Crippen LogP contribution in [-0.2, 0) is 11.3 Å². The second kappa shape index (κ2) is 5.77. The van der Waals surface area contributed by atoms with Crippen molar-refractivity contribution < 1.29 is 9.59 Å². The average molecular weight is 307 g/mol. The van der Waals surface area contributed by atoms with Crippen molar-refractivity contribution in [1.82, 2.24) is 14.7 Å². The smallest absolute Gasteiger partial charge is 0.302 e. The van der Waals surface area contributed by atoms with Gasteiger partial charge in [-0.25, -0.2) is 4.79 Å². The summed E-state index contributed by atoms with van der Waals surface area (Å²) in [4.78, 5) is 29.7. The van der Waals surface area contributed by atoms with Crippen molar-refractivity contribution in [3.63, 3.8) is 0 Å². The molecule has 1 saturated carbocycles. The maximum atomic E-state index is 12.3. The van der Waals surface area contributed by atoms with Crippen LogP contribution < -0.4 is 0 Å². The third-order valence-electron chi connectivity index (χ3n) is 3.97. The normalized spacial score (nSPS) is 19.4. The molecular formula is C15H21N3O2S. The van der Waals surface area contributed by atoms with E-state index in [2.05, 4.69) is 21.7 Å². The molecule has 1 aromatic rings. The van der Waals surface area contributed by atoms with Gasteiger partial charge in [-0.2, -0.15) is 11.3 Å². The molecule has 1 aliphatic carbocycles. The summed E-state index contributed by atoms with van der Waals surface area (Å²) in [5.41, 5.74) is 1.28. The van der Waals surface area contributed by atoms with Gasteiger partial charge in [0.15, 0.2) is 0 Å². The molecule has 2 aliphatic rings. The van der Waals surface area contributed by atoms with Gasteiger partial charge in [0.2, 0.25) is 0 Å². The number of urea groups is 1. The highest BCUT2D eigenvalue weighted by Crippen LogP contribution is 2.29. The molecule has 1 aromatic heterocycles. The summed E-state index contributed by atoms with van der Waals surface area (Å²) in [5.74, 6) is -0.0821. The Balaban J connectivity index is 1.66. The Morgan fingerprint density at radius 3 is 2.67 bits per heavy atom. The van der Waals surface area contributed by atoms with Gasteiger partial charge in [-0.15, -0.1) is 0 Å². The van der Waals surface area contributed by atoms with Crippen LogP contribution >= 0.6 is 11.3 Å². The minimum Gasteiger partial charge on any atom is -0.302 e. The maximum Gasteiger partial charge on any atom is 0.328 e. The fraction of sp³-hybridized carbons (Fsp3) is 0.600. The second-order valence-electron chi connectivity index (χ2n) is 6.09. The molecule has 21 heavy (non-hydrogen) atoms. The van der Waals surface area contributed by atoms with Crippen molar-refractivity contribution >= 4 is 23.3 Å². The van der Waals surface area contributed by atoms with Crippen molar-refractivity contribution in [3.8, 4) is 0 Å². The molecule has 2 heterocycles. The third kappa shape index (κ3) is 3.11. The van der Waals surface area contributed by atoms with Crippen LogP contribution in [-0.4, -0.2) is 51.9 Å². The zero-order chi connectivity index (χ0) is 15.0.